The number of carbonyl (C=O) groups excluding carboxylic acids is 1. The van der Waals surface area contributed by atoms with Crippen LogP contribution in [0.5, 0.6) is 0 Å². The molecule has 22 heavy (non-hydrogen) atoms. The predicted octanol–water partition coefficient (Wildman–Crippen LogP) is 5.81. The highest BCUT2D eigenvalue weighted by molar-refractivity contribution is 7.21. The van der Waals surface area contributed by atoms with Crippen molar-refractivity contribution in [3.63, 3.8) is 0 Å². The summed E-state index contributed by atoms with van der Waals surface area (Å²) in [4.78, 5) is 13.1. The van der Waals surface area contributed by atoms with E-state index in [0.29, 0.717) is 15.8 Å². The van der Waals surface area contributed by atoms with Gasteiger partial charge in [-0.25, -0.2) is 0 Å². The second kappa shape index (κ2) is 7.98. The maximum absolute atomic E-state index is 12.4. The predicted molar refractivity (Wildman–Crippen MR) is 97.2 cm³/mol. The fraction of sp³-hybridized carbons (Fsp3) is 0.500. The van der Waals surface area contributed by atoms with Crippen LogP contribution in [0.2, 0.25) is 5.02 Å². The second-order valence-corrected chi connectivity index (χ2v) is 7.30. The van der Waals surface area contributed by atoms with Gasteiger partial charge in [-0.3, -0.25) is 4.79 Å². The lowest BCUT2D eigenvalue weighted by Gasteiger charge is -2.14. The SMILES string of the molecule is CCCCC(CC)CNC(=O)c1sc2cc(C)ccc2c1Cl. The van der Waals surface area contributed by atoms with E-state index in [4.69, 9.17) is 11.6 Å². The summed E-state index contributed by atoms with van der Waals surface area (Å²) in [7, 11) is 0. The number of hydrogen-bond acceptors (Lipinski definition) is 2. The van der Waals surface area contributed by atoms with Gasteiger partial charge < -0.3 is 5.32 Å². The highest BCUT2D eigenvalue weighted by atomic mass is 35.5. The van der Waals surface area contributed by atoms with Crippen LogP contribution in [0, 0.1) is 12.8 Å². The van der Waals surface area contributed by atoms with Crippen LogP contribution in [-0.2, 0) is 0 Å². The van der Waals surface area contributed by atoms with Crippen LogP contribution in [-0.4, -0.2) is 12.5 Å². The maximum Gasteiger partial charge on any atom is 0.262 e. The first-order valence-electron chi connectivity index (χ1n) is 8.03. The molecule has 1 atom stereocenters. The summed E-state index contributed by atoms with van der Waals surface area (Å²) >= 11 is 7.87. The fourth-order valence-corrected chi connectivity index (χ4v) is 4.11. The van der Waals surface area contributed by atoms with E-state index in [0.717, 1.165) is 23.1 Å². The van der Waals surface area contributed by atoms with Crippen molar-refractivity contribution in [3.8, 4) is 0 Å². The third kappa shape index (κ3) is 4.02. The Bertz CT molecular complexity index is 650. The van der Waals surface area contributed by atoms with Crippen molar-refractivity contribution < 1.29 is 4.79 Å². The highest BCUT2D eigenvalue weighted by Gasteiger charge is 2.18. The summed E-state index contributed by atoms with van der Waals surface area (Å²) in [6.45, 7) is 7.16. The van der Waals surface area contributed by atoms with E-state index in [1.54, 1.807) is 0 Å². The van der Waals surface area contributed by atoms with Gasteiger partial charge in [-0.05, 0) is 30.9 Å². The van der Waals surface area contributed by atoms with Crippen LogP contribution in [0.25, 0.3) is 10.1 Å². The molecule has 2 nitrogen and oxygen atoms in total. The summed E-state index contributed by atoms with van der Waals surface area (Å²) in [6.07, 6.45) is 4.69. The minimum atomic E-state index is -0.0428. The van der Waals surface area contributed by atoms with Crippen molar-refractivity contribution in [1.29, 1.82) is 0 Å². The van der Waals surface area contributed by atoms with Crippen LogP contribution >= 0.6 is 22.9 Å². The van der Waals surface area contributed by atoms with Gasteiger partial charge in [-0.15, -0.1) is 11.3 Å². The van der Waals surface area contributed by atoms with Crippen molar-refractivity contribution in [2.75, 3.05) is 6.54 Å². The third-order valence-corrected chi connectivity index (χ3v) is 5.74. The molecule has 1 unspecified atom stereocenters. The third-order valence-electron chi connectivity index (χ3n) is 4.09. The molecular formula is C18H24ClNOS. The van der Waals surface area contributed by atoms with E-state index in [1.165, 1.54) is 36.2 Å². The molecule has 0 aliphatic rings. The zero-order chi connectivity index (χ0) is 16.1. The Kier molecular flexibility index (Phi) is 6.27. The van der Waals surface area contributed by atoms with Crippen LogP contribution in [0.15, 0.2) is 18.2 Å². The molecule has 1 N–H and O–H groups in total. The van der Waals surface area contributed by atoms with Gasteiger partial charge in [0.25, 0.3) is 5.91 Å². The van der Waals surface area contributed by atoms with Crippen LogP contribution < -0.4 is 5.32 Å². The van der Waals surface area contributed by atoms with E-state index in [1.807, 2.05) is 19.1 Å². The molecule has 1 aromatic heterocycles. The number of aryl methyl sites for hydroxylation is 1. The Morgan fingerprint density at radius 1 is 1.36 bits per heavy atom. The standard InChI is InChI=1S/C18H24ClNOS/c1-4-6-7-13(5-2)11-20-18(21)17-16(19)14-9-8-12(3)10-15(14)22-17/h8-10,13H,4-7,11H2,1-3H3,(H,20,21). The summed E-state index contributed by atoms with van der Waals surface area (Å²) < 4.78 is 1.08. The molecule has 1 heterocycles. The molecule has 2 rings (SSSR count). The summed E-state index contributed by atoms with van der Waals surface area (Å²) in [5, 5.41) is 4.62. The number of carbonyl (C=O) groups is 1. The number of nitrogens with one attached hydrogen (secondary N) is 1. The van der Waals surface area contributed by atoms with E-state index in [9.17, 15) is 4.79 Å². The number of halogens is 1. The van der Waals surface area contributed by atoms with Crippen LogP contribution in [0.4, 0.5) is 0 Å². The summed E-state index contributed by atoms with van der Waals surface area (Å²) in [6, 6.07) is 6.11. The molecule has 2 aromatic rings. The molecule has 0 radical (unpaired) electrons. The zero-order valence-electron chi connectivity index (χ0n) is 13.5. The van der Waals surface area contributed by atoms with Crippen LogP contribution in [0.1, 0.15) is 54.8 Å². The Morgan fingerprint density at radius 2 is 2.14 bits per heavy atom. The van der Waals surface area contributed by atoms with Gasteiger partial charge in [0.05, 0.1) is 5.02 Å². The van der Waals surface area contributed by atoms with E-state index < -0.39 is 0 Å². The molecule has 1 amide bonds. The van der Waals surface area contributed by atoms with Crippen molar-refractivity contribution in [3.05, 3.63) is 33.7 Å². The monoisotopic (exact) mass is 337 g/mol. The number of rotatable bonds is 7. The topological polar surface area (TPSA) is 29.1 Å². The van der Waals surface area contributed by atoms with Crippen molar-refractivity contribution >= 4 is 38.9 Å². The quantitative estimate of drug-likeness (QED) is 0.678. The normalized spacial score (nSPS) is 12.5. The zero-order valence-corrected chi connectivity index (χ0v) is 15.1. The van der Waals surface area contributed by atoms with Gasteiger partial charge >= 0.3 is 0 Å². The number of unbranched alkanes of at least 4 members (excludes halogenated alkanes) is 1. The molecular weight excluding hydrogens is 314 g/mol. The first kappa shape index (κ1) is 17.3. The Morgan fingerprint density at radius 3 is 2.82 bits per heavy atom. The Labute approximate surface area is 141 Å². The fourth-order valence-electron chi connectivity index (χ4n) is 2.58. The molecule has 0 bridgehead atoms. The maximum atomic E-state index is 12.4. The second-order valence-electron chi connectivity index (χ2n) is 5.87. The highest BCUT2D eigenvalue weighted by Crippen LogP contribution is 2.35. The molecule has 0 aliphatic carbocycles. The summed E-state index contributed by atoms with van der Waals surface area (Å²) in [5.74, 6) is 0.512. The Hall–Kier alpha value is -1.06. The first-order valence-corrected chi connectivity index (χ1v) is 9.23. The number of amides is 1. The molecule has 1 aromatic carbocycles. The number of hydrogen-bond donors (Lipinski definition) is 1. The van der Waals surface area contributed by atoms with Gasteiger partial charge in [-0.2, -0.15) is 0 Å². The van der Waals surface area contributed by atoms with Crippen LogP contribution in [0.3, 0.4) is 0 Å². The summed E-state index contributed by atoms with van der Waals surface area (Å²) in [5.41, 5.74) is 1.18. The molecule has 4 heteroatoms. The van der Waals surface area contributed by atoms with Crippen molar-refractivity contribution in [2.24, 2.45) is 5.92 Å². The molecule has 120 valence electrons. The number of thiophene rings is 1. The number of benzene rings is 1. The minimum Gasteiger partial charge on any atom is -0.351 e. The average molecular weight is 338 g/mol. The lowest BCUT2D eigenvalue weighted by atomic mass is 9.99. The molecule has 0 saturated heterocycles. The minimum absolute atomic E-state index is 0.0428. The molecule has 0 saturated carbocycles. The van der Waals surface area contributed by atoms with Gasteiger partial charge in [-0.1, -0.05) is 56.8 Å². The first-order chi connectivity index (χ1) is 10.6. The van der Waals surface area contributed by atoms with E-state index in [2.05, 4.69) is 25.2 Å². The van der Waals surface area contributed by atoms with Gasteiger partial charge in [0.1, 0.15) is 4.88 Å². The van der Waals surface area contributed by atoms with E-state index >= 15 is 0 Å². The van der Waals surface area contributed by atoms with Crippen molar-refractivity contribution in [1.82, 2.24) is 5.32 Å². The van der Waals surface area contributed by atoms with Crippen molar-refractivity contribution in [2.45, 2.75) is 46.5 Å². The lowest BCUT2D eigenvalue weighted by Crippen LogP contribution is -2.28. The molecule has 0 fully saturated rings. The lowest BCUT2D eigenvalue weighted by molar-refractivity contribution is 0.0950. The van der Waals surface area contributed by atoms with Gasteiger partial charge in [0.2, 0.25) is 0 Å². The van der Waals surface area contributed by atoms with Gasteiger partial charge in [0, 0.05) is 16.6 Å². The van der Waals surface area contributed by atoms with Gasteiger partial charge in [0.15, 0.2) is 0 Å². The molecule has 0 spiro atoms. The van der Waals surface area contributed by atoms with E-state index in [-0.39, 0.29) is 5.91 Å². The number of fused-ring (bicyclic) bond motifs is 1. The smallest absolute Gasteiger partial charge is 0.262 e. The largest absolute Gasteiger partial charge is 0.351 e. The Balaban J connectivity index is 2.08. The average Bonchev–Trinajstić information content (AvgIpc) is 2.83. The molecule has 0 aliphatic heterocycles.